The second-order valence-corrected chi connectivity index (χ2v) is 6.30. The molecular formula is C15H20BrNO2. The van der Waals surface area contributed by atoms with Crippen molar-refractivity contribution in [3.8, 4) is 5.75 Å². The standard InChI is InChI=1S/C15H20BrNO2/c16-12-3-1-4-13(9-12)19-15-6-7-17(11-15)10-14-5-2-8-18-14/h1,3-4,9,14-15H,2,5-8,10-11H2. The number of halogens is 1. The van der Waals surface area contributed by atoms with Gasteiger partial charge in [0.25, 0.3) is 0 Å². The van der Waals surface area contributed by atoms with Gasteiger partial charge in [-0.3, -0.25) is 4.90 Å². The van der Waals surface area contributed by atoms with Crippen LogP contribution in [0, 0.1) is 0 Å². The van der Waals surface area contributed by atoms with Crippen LogP contribution >= 0.6 is 15.9 Å². The number of ether oxygens (including phenoxy) is 2. The molecule has 0 spiro atoms. The average molecular weight is 326 g/mol. The van der Waals surface area contributed by atoms with Crippen LogP contribution in [-0.2, 0) is 4.74 Å². The van der Waals surface area contributed by atoms with Gasteiger partial charge in [0.1, 0.15) is 11.9 Å². The van der Waals surface area contributed by atoms with Crippen LogP contribution in [0.5, 0.6) is 5.75 Å². The molecule has 2 saturated heterocycles. The van der Waals surface area contributed by atoms with Gasteiger partial charge < -0.3 is 9.47 Å². The van der Waals surface area contributed by atoms with Crippen LogP contribution in [0.3, 0.4) is 0 Å². The first-order valence-corrected chi connectivity index (χ1v) is 7.85. The Morgan fingerprint density at radius 2 is 2.32 bits per heavy atom. The van der Waals surface area contributed by atoms with Gasteiger partial charge in [0.15, 0.2) is 0 Å². The molecule has 4 heteroatoms. The lowest BCUT2D eigenvalue weighted by Crippen LogP contribution is -2.32. The third-order valence-corrected chi connectivity index (χ3v) is 4.31. The molecule has 0 bridgehead atoms. The summed E-state index contributed by atoms with van der Waals surface area (Å²) in [5.41, 5.74) is 0. The summed E-state index contributed by atoms with van der Waals surface area (Å²) in [5, 5.41) is 0. The third-order valence-electron chi connectivity index (χ3n) is 3.81. The monoisotopic (exact) mass is 325 g/mol. The molecule has 0 saturated carbocycles. The van der Waals surface area contributed by atoms with E-state index in [1.807, 2.05) is 24.3 Å². The Labute approximate surface area is 123 Å². The third kappa shape index (κ3) is 3.71. The van der Waals surface area contributed by atoms with Crippen molar-refractivity contribution in [2.45, 2.75) is 31.5 Å². The van der Waals surface area contributed by atoms with Crippen molar-refractivity contribution in [3.05, 3.63) is 28.7 Å². The second-order valence-electron chi connectivity index (χ2n) is 5.38. The Balaban J connectivity index is 1.48. The zero-order valence-corrected chi connectivity index (χ0v) is 12.6. The molecule has 2 unspecified atom stereocenters. The molecule has 1 aromatic carbocycles. The van der Waals surface area contributed by atoms with Crippen molar-refractivity contribution in [2.24, 2.45) is 0 Å². The molecule has 2 atom stereocenters. The molecular weight excluding hydrogens is 306 g/mol. The first-order valence-electron chi connectivity index (χ1n) is 7.06. The lowest BCUT2D eigenvalue weighted by atomic mass is 10.2. The topological polar surface area (TPSA) is 21.7 Å². The Morgan fingerprint density at radius 3 is 3.11 bits per heavy atom. The normalized spacial score (nSPS) is 27.8. The fraction of sp³-hybridized carbons (Fsp3) is 0.600. The Kier molecular flexibility index (Phi) is 4.41. The van der Waals surface area contributed by atoms with Crippen LogP contribution in [0.4, 0.5) is 0 Å². The minimum absolute atomic E-state index is 0.315. The highest BCUT2D eigenvalue weighted by atomic mass is 79.9. The van der Waals surface area contributed by atoms with E-state index in [9.17, 15) is 0 Å². The summed E-state index contributed by atoms with van der Waals surface area (Å²) >= 11 is 3.47. The maximum atomic E-state index is 6.04. The Morgan fingerprint density at radius 1 is 1.37 bits per heavy atom. The quantitative estimate of drug-likeness (QED) is 0.849. The molecule has 0 radical (unpaired) electrons. The van der Waals surface area contributed by atoms with Gasteiger partial charge in [-0.25, -0.2) is 0 Å². The van der Waals surface area contributed by atoms with E-state index in [-0.39, 0.29) is 0 Å². The first-order chi connectivity index (χ1) is 9.29. The smallest absolute Gasteiger partial charge is 0.120 e. The van der Waals surface area contributed by atoms with E-state index in [4.69, 9.17) is 9.47 Å². The van der Waals surface area contributed by atoms with Crippen LogP contribution in [0.25, 0.3) is 0 Å². The molecule has 3 nitrogen and oxygen atoms in total. The zero-order valence-electron chi connectivity index (χ0n) is 11.1. The highest BCUT2D eigenvalue weighted by Crippen LogP contribution is 2.23. The summed E-state index contributed by atoms with van der Waals surface area (Å²) in [5.74, 6) is 0.957. The number of rotatable bonds is 4. The number of hydrogen-bond acceptors (Lipinski definition) is 3. The van der Waals surface area contributed by atoms with E-state index in [0.29, 0.717) is 12.2 Å². The predicted octanol–water partition coefficient (Wildman–Crippen LogP) is 3.08. The molecule has 19 heavy (non-hydrogen) atoms. The minimum atomic E-state index is 0.315. The van der Waals surface area contributed by atoms with Gasteiger partial charge in [-0.15, -0.1) is 0 Å². The maximum Gasteiger partial charge on any atom is 0.120 e. The molecule has 0 aliphatic carbocycles. The fourth-order valence-corrected chi connectivity index (χ4v) is 3.25. The lowest BCUT2D eigenvalue weighted by molar-refractivity contribution is 0.0768. The highest BCUT2D eigenvalue weighted by Gasteiger charge is 2.27. The van der Waals surface area contributed by atoms with Crippen molar-refractivity contribution >= 4 is 15.9 Å². The van der Waals surface area contributed by atoms with Gasteiger partial charge >= 0.3 is 0 Å². The van der Waals surface area contributed by atoms with Gasteiger partial charge in [0, 0.05) is 30.7 Å². The SMILES string of the molecule is Brc1cccc(OC2CCN(CC3CCCO3)C2)c1. The predicted molar refractivity (Wildman–Crippen MR) is 78.6 cm³/mol. The summed E-state index contributed by atoms with van der Waals surface area (Å²) < 4.78 is 12.8. The van der Waals surface area contributed by atoms with Crippen LogP contribution in [0.2, 0.25) is 0 Å². The van der Waals surface area contributed by atoms with E-state index < -0.39 is 0 Å². The maximum absolute atomic E-state index is 6.04. The second kappa shape index (κ2) is 6.25. The van der Waals surface area contributed by atoms with E-state index >= 15 is 0 Å². The summed E-state index contributed by atoms with van der Waals surface area (Å²) in [4.78, 5) is 2.47. The molecule has 2 fully saturated rings. The molecule has 2 heterocycles. The van der Waals surface area contributed by atoms with Gasteiger partial charge in [-0.1, -0.05) is 22.0 Å². The van der Waals surface area contributed by atoms with Crippen molar-refractivity contribution in [1.29, 1.82) is 0 Å². The largest absolute Gasteiger partial charge is 0.489 e. The van der Waals surface area contributed by atoms with Gasteiger partial charge in [0.05, 0.1) is 6.10 Å². The molecule has 0 N–H and O–H groups in total. The number of likely N-dealkylation sites (tertiary alicyclic amines) is 1. The van der Waals surface area contributed by atoms with Crippen LogP contribution in [0.1, 0.15) is 19.3 Å². The van der Waals surface area contributed by atoms with E-state index in [2.05, 4.69) is 20.8 Å². The van der Waals surface area contributed by atoms with Crippen molar-refractivity contribution in [2.75, 3.05) is 26.2 Å². The van der Waals surface area contributed by atoms with E-state index in [1.54, 1.807) is 0 Å². The van der Waals surface area contributed by atoms with Crippen LogP contribution in [0.15, 0.2) is 28.7 Å². The molecule has 0 aromatic heterocycles. The van der Waals surface area contributed by atoms with Crippen LogP contribution < -0.4 is 4.74 Å². The molecule has 3 rings (SSSR count). The Hall–Kier alpha value is -0.580. The minimum Gasteiger partial charge on any atom is -0.489 e. The number of nitrogens with zero attached hydrogens (tertiary/aromatic N) is 1. The number of hydrogen-bond donors (Lipinski definition) is 0. The molecule has 1 aromatic rings. The summed E-state index contributed by atoms with van der Waals surface area (Å²) in [7, 11) is 0. The Bertz CT molecular complexity index is 420. The van der Waals surface area contributed by atoms with Crippen molar-refractivity contribution < 1.29 is 9.47 Å². The summed E-state index contributed by atoms with van der Waals surface area (Å²) in [6, 6.07) is 8.08. The van der Waals surface area contributed by atoms with Gasteiger partial charge in [0.2, 0.25) is 0 Å². The zero-order chi connectivity index (χ0) is 13.1. The van der Waals surface area contributed by atoms with Crippen molar-refractivity contribution in [3.63, 3.8) is 0 Å². The van der Waals surface area contributed by atoms with Gasteiger partial charge in [-0.2, -0.15) is 0 Å². The van der Waals surface area contributed by atoms with E-state index in [0.717, 1.165) is 42.9 Å². The van der Waals surface area contributed by atoms with Gasteiger partial charge in [-0.05, 0) is 37.5 Å². The fourth-order valence-electron chi connectivity index (χ4n) is 2.87. The molecule has 0 amide bonds. The lowest BCUT2D eigenvalue weighted by Gasteiger charge is -2.20. The first kappa shape index (κ1) is 13.4. The molecule has 104 valence electrons. The number of benzene rings is 1. The summed E-state index contributed by atoms with van der Waals surface area (Å²) in [6.45, 7) is 4.15. The van der Waals surface area contributed by atoms with Crippen LogP contribution in [-0.4, -0.2) is 43.3 Å². The highest BCUT2D eigenvalue weighted by molar-refractivity contribution is 9.10. The summed E-state index contributed by atoms with van der Waals surface area (Å²) in [6.07, 6.45) is 4.31. The molecule has 2 aliphatic heterocycles. The average Bonchev–Trinajstić information content (AvgIpc) is 3.02. The van der Waals surface area contributed by atoms with Crippen molar-refractivity contribution in [1.82, 2.24) is 4.90 Å². The molecule has 2 aliphatic rings. The van der Waals surface area contributed by atoms with E-state index in [1.165, 1.54) is 12.8 Å².